The van der Waals surface area contributed by atoms with Gasteiger partial charge in [-0.25, -0.2) is 4.98 Å². The Kier molecular flexibility index (Phi) is 8.18. The molecule has 4 heterocycles. The smallest absolute Gasteiger partial charge is 0.303 e. The third-order valence-corrected chi connectivity index (χ3v) is 8.73. The number of halogens is 1. The number of carboxylic acid groups (broad SMARTS) is 1. The topological polar surface area (TPSA) is 85.8 Å². The van der Waals surface area contributed by atoms with E-state index < -0.39 is 5.97 Å². The van der Waals surface area contributed by atoms with E-state index in [4.69, 9.17) is 16.8 Å². The van der Waals surface area contributed by atoms with Gasteiger partial charge in [0.05, 0.1) is 0 Å². The predicted molar refractivity (Wildman–Crippen MR) is 146 cm³/mol. The molecule has 0 bridgehead atoms. The largest absolute Gasteiger partial charge is 0.481 e. The summed E-state index contributed by atoms with van der Waals surface area (Å²) in [5.41, 5.74) is 4.54. The molecule has 2 atom stereocenters. The van der Waals surface area contributed by atoms with Gasteiger partial charge >= 0.3 is 5.97 Å². The van der Waals surface area contributed by atoms with Crippen LogP contribution in [0.3, 0.4) is 0 Å². The van der Waals surface area contributed by atoms with Crippen molar-refractivity contribution < 1.29 is 14.7 Å². The van der Waals surface area contributed by atoms with E-state index in [0.29, 0.717) is 24.7 Å². The van der Waals surface area contributed by atoms with E-state index in [9.17, 15) is 14.7 Å². The average molecular weight is 525 g/mol. The molecule has 1 aromatic carbocycles. The number of fused-ring (bicyclic) bond motifs is 2. The van der Waals surface area contributed by atoms with Crippen LogP contribution in [-0.2, 0) is 28.9 Å². The SMILES string of the molecule is O=C(O)CC(CC1CCN(C(=O)CCc2ccc3c(n2)N(Cl)CCC3)CC1)C1CNc2ccccc2C1. The fraction of sp³-hybridized carbons (Fsp3) is 0.552. The summed E-state index contributed by atoms with van der Waals surface area (Å²) in [6.07, 6.45) is 7.04. The maximum absolute atomic E-state index is 12.9. The van der Waals surface area contributed by atoms with Gasteiger partial charge in [-0.15, -0.1) is 0 Å². The number of hydrogen-bond donors (Lipinski definition) is 2. The molecule has 1 saturated heterocycles. The molecule has 0 aliphatic carbocycles. The van der Waals surface area contributed by atoms with Crippen molar-refractivity contribution in [1.29, 1.82) is 0 Å². The van der Waals surface area contributed by atoms with Crippen LogP contribution < -0.4 is 9.74 Å². The Hall–Kier alpha value is -2.80. The molecule has 0 spiro atoms. The van der Waals surface area contributed by atoms with Crippen LogP contribution in [0.5, 0.6) is 0 Å². The van der Waals surface area contributed by atoms with Crippen molar-refractivity contribution in [2.24, 2.45) is 17.8 Å². The minimum Gasteiger partial charge on any atom is -0.481 e. The summed E-state index contributed by atoms with van der Waals surface area (Å²) in [6.45, 7) is 3.13. The summed E-state index contributed by atoms with van der Waals surface area (Å²) in [6, 6.07) is 12.4. The summed E-state index contributed by atoms with van der Waals surface area (Å²) in [5.74, 6) is 1.22. The first-order valence-electron chi connectivity index (χ1n) is 13.7. The van der Waals surface area contributed by atoms with Gasteiger partial charge in [-0.1, -0.05) is 24.3 Å². The molecule has 2 unspecified atom stereocenters. The summed E-state index contributed by atoms with van der Waals surface area (Å²) in [7, 11) is 0. The van der Waals surface area contributed by atoms with Crippen LogP contribution in [0.1, 0.15) is 55.3 Å². The second-order valence-electron chi connectivity index (χ2n) is 10.9. The van der Waals surface area contributed by atoms with E-state index in [-0.39, 0.29) is 18.2 Å². The van der Waals surface area contributed by atoms with Gasteiger partial charge < -0.3 is 15.3 Å². The Morgan fingerprint density at radius 1 is 1.11 bits per heavy atom. The first-order chi connectivity index (χ1) is 18.0. The summed E-state index contributed by atoms with van der Waals surface area (Å²) >= 11 is 6.31. The summed E-state index contributed by atoms with van der Waals surface area (Å²) in [4.78, 5) is 31.3. The number of carbonyl (C=O) groups is 2. The zero-order chi connectivity index (χ0) is 25.8. The fourth-order valence-electron chi connectivity index (χ4n) is 6.28. The molecule has 7 nitrogen and oxygen atoms in total. The predicted octanol–water partition coefficient (Wildman–Crippen LogP) is 4.92. The van der Waals surface area contributed by atoms with Crippen LogP contribution in [0.25, 0.3) is 0 Å². The van der Waals surface area contributed by atoms with Crippen LogP contribution in [0.2, 0.25) is 0 Å². The van der Waals surface area contributed by atoms with Crippen LogP contribution in [-0.4, -0.2) is 53.0 Å². The van der Waals surface area contributed by atoms with Crippen LogP contribution in [0, 0.1) is 17.8 Å². The number of likely N-dealkylation sites (tertiary alicyclic amines) is 1. The van der Waals surface area contributed by atoms with Crippen molar-refractivity contribution in [3.8, 4) is 0 Å². The van der Waals surface area contributed by atoms with Crippen molar-refractivity contribution >= 4 is 35.2 Å². The fourth-order valence-corrected chi connectivity index (χ4v) is 6.55. The lowest BCUT2D eigenvalue weighted by Gasteiger charge is -2.37. The molecule has 1 amide bonds. The van der Waals surface area contributed by atoms with E-state index in [0.717, 1.165) is 76.2 Å². The number of para-hydroxylation sites is 1. The highest BCUT2D eigenvalue weighted by Crippen LogP contribution is 2.35. The van der Waals surface area contributed by atoms with E-state index in [1.807, 2.05) is 17.0 Å². The molecule has 198 valence electrons. The monoisotopic (exact) mass is 524 g/mol. The number of amides is 1. The zero-order valence-corrected chi connectivity index (χ0v) is 22.1. The van der Waals surface area contributed by atoms with Crippen LogP contribution in [0.15, 0.2) is 36.4 Å². The van der Waals surface area contributed by atoms with Crippen molar-refractivity contribution in [2.75, 3.05) is 35.9 Å². The first-order valence-corrected chi connectivity index (χ1v) is 14.0. The van der Waals surface area contributed by atoms with Gasteiger partial charge in [0.25, 0.3) is 0 Å². The van der Waals surface area contributed by atoms with Gasteiger partial charge in [0.1, 0.15) is 5.82 Å². The Labute approximate surface area is 224 Å². The number of benzene rings is 1. The molecule has 3 aliphatic heterocycles. The lowest BCUT2D eigenvalue weighted by Crippen LogP contribution is -2.40. The lowest BCUT2D eigenvalue weighted by molar-refractivity contribution is -0.138. The van der Waals surface area contributed by atoms with Crippen molar-refractivity contribution in [1.82, 2.24) is 9.88 Å². The molecule has 3 aliphatic rings. The Balaban J connectivity index is 1.11. The molecule has 5 rings (SSSR count). The number of aryl methyl sites for hydroxylation is 2. The van der Waals surface area contributed by atoms with Gasteiger partial charge in [0.2, 0.25) is 5.91 Å². The zero-order valence-electron chi connectivity index (χ0n) is 21.4. The molecular weight excluding hydrogens is 488 g/mol. The molecule has 1 aromatic heterocycles. The van der Waals surface area contributed by atoms with Crippen molar-refractivity contribution in [3.05, 3.63) is 53.2 Å². The Morgan fingerprint density at radius 3 is 2.73 bits per heavy atom. The van der Waals surface area contributed by atoms with E-state index in [1.165, 1.54) is 16.8 Å². The number of nitrogens with one attached hydrogen (secondary N) is 1. The number of aromatic nitrogens is 1. The molecule has 1 fully saturated rings. The highest BCUT2D eigenvalue weighted by atomic mass is 35.5. The molecule has 2 N–H and O–H groups in total. The molecule has 8 heteroatoms. The third-order valence-electron chi connectivity index (χ3n) is 8.40. The van der Waals surface area contributed by atoms with Crippen molar-refractivity contribution in [3.63, 3.8) is 0 Å². The number of anilines is 2. The lowest BCUT2D eigenvalue weighted by atomic mass is 9.75. The Bertz CT molecular complexity index is 1120. The first kappa shape index (κ1) is 25.8. The number of carbonyl (C=O) groups excluding carboxylic acids is 1. The average Bonchev–Trinajstić information content (AvgIpc) is 2.91. The normalized spacial score (nSPS) is 20.5. The second-order valence-corrected chi connectivity index (χ2v) is 11.3. The van der Waals surface area contributed by atoms with Gasteiger partial charge in [0, 0.05) is 62.2 Å². The van der Waals surface area contributed by atoms with Gasteiger partial charge in [-0.2, -0.15) is 0 Å². The summed E-state index contributed by atoms with van der Waals surface area (Å²) in [5, 5.41) is 13.1. The van der Waals surface area contributed by atoms with E-state index >= 15 is 0 Å². The number of aliphatic carboxylic acids is 1. The Morgan fingerprint density at radius 2 is 1.92 bits per heavy atom. The third kappa shape index (κ3) is 6.38. The summed E-state index contributed by atoms with van der Waals surface area (Å²) < 4.78 is 1.69. The number of hydrogen-bond acceptors (Lipinski definition) is 5. The maximum Gasteiger partial charge on any atom is 0.303 e. The second kappa shape index (κ2) is 11.7. The minimum atomic E-state index is -0.718. The number of nitrogens with zero attached hydrogens (tertiary/aromatic N) is 3. The maximum atomic E-state index is 12.9. The molecule has 37 heavy (non-hydrogen) atoms. The van der Waals surface area contributed by atoms with Crippen LogP contribution >= 0.6 is 11.8 Å². The molecular formula is C29H37ClN4O3. The van der Waals surface area contributed by atoms with Crippen LogP contribution in [0.4, 0.5) is 11.5 Å². The van der Waals surface area contributed by atoms with Gasteiger partial charge in [-0.05, 0) is 86.0 Å². The number of piperidine rings is 1. The number of pyridine rings is 1. The molecule has 0 saturated carbocycles. The highest BCUT2D eigenvalue weighted by Gasteiger charge is 2.32. The van der Waals surface area contributed by atoms with Crippen molar-refractivity contribution in [2.45, 2.75) is 57.8 Å². The quantitative estimate of drug-likeness (QED) is 0.476. The molecule has 2 aromatic rings. The highest BCUT2D eigenvalue weighted by molar-refractivity contribution is 6.25. The standard InChI is InChI=1S/C29H37ClN4O3/c30-34-13-3-5-21-7-8-25(32-29(21)34)9-10-27(35)33-14-11-20(12-15-33)16-23(18-28(36)37)24-17-22-4-1-2-6-26(22)31-19-24/h1-2,4,6-8,20,23-24,31H,3,5,9-19H2,(H,36,37). The van der Waals surface area contributed by atoms with Gasteiger partial charge in [-0.3, -0.25) is 14.0 Å². The number of rotatable bonds is 8. The molecule has 0 radical (unpaired) electrons. The van der Waals surface area contributed by atoms with Gasteiger partial charge in [0.15, 0.2) is 0 Å². The minimum absolute atomic E-state index is 0.141. The van der Waals surface area contributed by atoms with E-state index in [1.54, 1.807) is 4.42 Å². The number of carboxylic acids is 1. The van der Waals surface area contributed by atoms with E-state index in [2.05, 4.69) is 29.6 Å².